The van der Waals surface area contributed by atoms with Crippen LogP contribution in [0.3, 0.4) is 0 Å². The van der Waals surface area contributed by atoms with Gasteiger partial charge in [0.15, 0.2) is 0 Å². The van der Waals surface area contributed by atoms with Crippen LogP contribution in [0.15, 0.2) is 30.4 Å². The zero-order chi connectivity index (χ0) is 13.9. The van der Waals surface area contributed by atoms with Crippen molar-refractivity contribution in [2.75, 3.05) is 11.9 Å². The van der Waals surface area contributed by atoms with Gasteiger partial charge in [-0.3, -0.25) is 0 Å². The predicted molar refractivity (Wildman–Crippen MR) is 61.7 cm³/mol. The van der Waals surface area contributed by atoms with Crippen LogP contribution in [0, 0.1) is 0 Å². The van der Waals surface area contributed by atoms with Crippen molar-refractivity contribution in [3.05, 3.63) is 41.5 Å². The van der Waals surface area contributed by atoms with Gasteiger partial charge in [-0.05, 0) is 25.1 Å². The maximum atomic E-state index is 12.6. The molecule has 0 fully saturated rings. The molecule has 0 radical (unpaired) electrons. The number of aromatic carboxylic acids is 1. The number of hydrogen-bond donors (Lipinski definition) is 2. The standard InChI is InChI=1S/C12H12F3NO2/c1-7(2)6-16-8-3-4-10(12(13,14)15)9(5-8)11(17)18/h3-5,16H,1,6H2,2H3,(H,17,18). The summed E-state index contributed by atoms with van der Waals surface area (Å²) in [5.41, 5.74) is -0.833. The Morgan fingerprint density at radius 1 is 1.44 bits per heavy atom. The maximum Gasteiger partial charge on any atom is 0.417 e. The van der Waals surface area contributed by atoms with Crippen molar-refractivity contribution in [3.8, 4) is 0 Å². The van der Waals surface area contributed by atoms with E-state index in [0.29, 0.717) is 12.2 Å². The molecule has 0 spiro atoms. The third kappa shape index (κ3) is 3.51. The second-order valence-corrected chi connectivity index (χ2v) is 3.87. The molecular formula is C12H12F3NO2. The monoisotopic (exact) mass is 259 g/mol. The zero-order valence-corrected chi connectivity index (χ0v) is 9.64. The van der Waals surface area contributed by atoms with E-state index in [1.165, 1.54) is 6.07 Å². The molecule has 1 aromatic carbocycles. The Bertz CT molecular complexity index is 481. The minimum absolute atomic E-state index is 0.309. The van der Waals surface area contributed by atoms with Crippen molar-refractivity contribution in [1.82, 2.24) is 0 Å². The van der Waals surface area contributed by atoms with E-state index < -0.39 is 23.3 Å². The van der Waals surface area contributed by atoms with Gasteiger partial charge in [-0.1, -0.05) is 12.2 Å². The maximum absolute atomic E-state index is 12.6. The summed E-state index contributed by atoms with van der Waals surface area (Å²) < 4.78 is 37.7. The molecule has 3 nitrogen and oxygen atoms in total. The highest BCUT2D eigenvalue weighted by Gasteiger charge is 2.35. The minimum Gasteiger partial charge on any atom is -0.478 e. The van der Waals surface area contributed by atoms with Crippen LogP contribution in [0.25, 0.3) is 0 Å². The average molecular weight is 259 g/mol. The Morgan fingerprint density at radius 3 is 2.50 bits per heavy atom. The van der Waals surface area contributed by atoms with Gasteiger partial charge in [-0.2, -0.15) is 13.2 Å². The van der Waals surface area contributed by atoms with E-state index in [1.54, 1.807) is 6.92 Å². The van der Waals surface area contributed by atoms with Gasteiger partial charge in [0.2, 0.25) is 0 Å². The molecule has 0 unspecified atom stereocenters. The first-order valence-electron chi connectivity index (χ1n) is 5.04. The predicted octanol–water partition coefficient (Wildman–Crippen LogP) is 3.39. The molecule has 0 atom stereocenters. The second-order valence-electron chi connectivity index (χ2n) is 3.87. The Morgan fingerprint density at radius 2 is 2.06 bits per heavy atom. The number of carboxylic acids is 1. The van der Waals surface area contributed by atoms with Crippen molar-refractivity contribution >= 4 is 11.7 Å². The lowest BCUT2D eigenvalue weighted by Gasteiger charge is -2.12. The van der Waals surface area contributed by atoms with Gasteiger partial charge in [0.1, 0.15) is 0 Å². The summed E-state index contributed by atoms with van der Waals surface area (Å²) in [5, 5.41) is 11.6. The molecule has 2 N–H and O–H groups in total. The molecular weight excluding hydrogens is 247 g/mol. The van der Waals surface area contributed by atoms with Crippen molar-refractivity contribution in [2.24, 2.45) is 0 Å². The average Bonchev–Trinajstić information content (AvgIpc) is 2.24. The Hall–Kier alpha value is -1.98. The largest absolute Gasteiger partial charge is 0.478 e. The van der Waals surface area contributed by atoms with Gasteiger partial charge in [0.25, 0.3) is 0 Å². The number of nitrogens with one attached hydrogen (secondary N) is 1. The molecule has 0 aromatic heterocycles. The highest BCUT2D eigenvalue weighted by Crippen LogP contribution is 2.33. The number of carboxylic acid groups (broad SMARTS) is 1. The summed E-state index contributed by atoms with van der Waals surface area (Å²) in [6.07, 6.45) is -4.68. The first-order chi connectivity index (χ1) is 8.21. The SMILES string of the molecule is C=C(C)CNc1ccc(C(F)(F)F)c(C(=O)O)c1. The lowest BCUT2D eigenvalue weighted by molar-refractivity contribution is -0.138. The van der Waals surface area contributed by atoms with Gasteiger partial charge in [-0.25, -0.2) is 4.79 Å². The minimum atomic E-state index is -4.68. The Balaban J connectivity index is 3.12. The fourth-order valence-electron chi connectivity index (χ4n) is 1.33. The molecule has 98 valence electrons. The molecule has 0 aliphatic rings. The summed E-state index contributed by atoms with van der Waals surface area (Å²) in [7, 11) is 0. The molecule has 0 saturated heterocycles. The lowest BCUT2D eigenvalue weighted by Crippen LogP contribution is -2.13. The van der Waals surface area contributed by atoms with Crippen LogP contribution in [0.5, 0.6) is 0 Å². The van der Waals surface area contributed by atoms with Gasteiger partial charge in [0, 0.05) is 12.2 Å². The molecule has 6 heteroatoms. The van der Waals surface area contributed by atoms with E-state index in [2.05, 4.69) is 11.9 Å². The van der Waals surface area contributed by atoms with E-state index >= 15 is 0 Å². The summed E-state index contributed by atoms with van der Waals surface area (Å²) in [4.78, 5) is 10.8. The van der Waals surface area contributed by atoms with Crippen LogP contribution in [-0.4, -0.2) is 17.6 Å². The number of carbonyl (C=O) groups is 1. The molecule has 0 amide bonds. The van der Waals surface area contributed by atoms with E-state index in [4.69, 9.17) is 5.11 Å². The van der Waals surface area contributed by atoms with Gasteiger partial charge < -0.3 is 10.4 Å². The van der Waals surface area contributed by atoms with Crippen molar-refractivity contribution in [2.45, 2.75) is 13.1 Å². The normalized spacial score (nSPS) is 11.1. The lowest BCUT2D eigenvalue weighted by atomic mass is 10.1. The molecule has 0 aliphatic carbocycles. The fourth-order valence-corrected chi connectivity index (χ4v) is 1.33. The van der Waals surface area contributed by atoms with Crippen molar-refractivity contribution in [1.29, 1.82) is 0 Å². The van der Waals surface area contributed by atoms with Crippen LogP contribution >= 0.6 is 0 Å². The third-order valence-electron chi connectivity index (χ3n) is 2.15. The molecule has 1 rings (SSSR count). The van der Waals surface area contributed by atoms with Crippen LogP contribution in [0.4, 0.5) is 18.9 Å². The molecule has 0 heterocycles. The van der Waals surface area contributed by atoms with Gasteiger partial charge >= 0.3 is 12.1 Å². The van der Waals surface area contributed by atoms with Gasteiger partial charge in [0.05, 0.1) is 11.1 Å². The van der Waals surface area contributed by atoms with E-state index in [-0.39, 0.29) is 0 Å². The second kappa shape index (κ2) is 5.12. The molecule has 0 bridgehead atoms. The number of hydrogen-bond acceptors (Lipinski definition) is 2. The topological polar surface area (TPSA) is 49.3 Å². The van der Waals surface area contributed by atoms with Crippen molar-refractivity contribution < 1.29 is 23.1 Å². The summed E-state index contributed by atoms with van der Waals surface area (Å²) >= 11 is 0. The van der Waals surface area contributed by atoms with Gasteiger partial charge in [-0.15, -0.1) is 0 Å². The zero-order valence-electron chi connectivity index (χ0n) is 9.64. The molecule has 18 heavy (non-hydrogen) atoms. The quantitative estimate of drug-likeness (QED) is 0.815. The molecule has 0 saturated carbocycles. The Kier molecular flexibility index (Phi) is 4.00. The van der Waals surface area contributed by atoms with E-state index in [0.717, 1.165) is 17.7 Å². The molecule has 1 aromatic rings. The highest BCUT2D eigenvalue weighted by molar-refractivity contribution is 5.91. The summed E-state index contributed by atoms with van der Waals surface area (Å²) in [6, 6.07) is 2.91. The number of halogens is 3. The number of alkyl halides is 3. The van der Waals surface area contributed by atoms with E-state index in [9.17, 15) is 18.0 Å². The third-order valence-corrected chi connectivity index (χ3v) is 2.15. The fraction of sp³-hybridized carbons (Fsp3) is 0.250. The number of rotatable bonds is 4. The Labute approximate surface area is 102 Å². The first-order valence-corrected chi connectivity index (χ1v) is 5.04. The van der Waals surface area contributed by atoms with Crippen LogP contribution in [0.2, 0.25) is 0 Å². The van der Waals surface area contributed by atoms with Crippen LogP contribution < -0.4 is 5.32 Å². The van der Waals surface area contributed by atoms with Crippen LogP contribution in [-0.2, 0) is 6.18 Å². The van der Waals surface area contributed by atoms with E-state index in [1.807, 2.05) is 0 Å². The first kappa shape index (κ1) is 14.1. The van der Waals surface area contributed by atoms with Crippen molar-refractivity contribution in [3.63, 3.8) is 0 Å². The molecule has 0 aliphatic heterocycles. The summed E-state index contributed by atoms with van der Waals surface area (Å²) in [5.74, 6) is -1.61. The number of benzene rings is 1. The highest BCUT2D eigenvalue weighted by atomic mass is 19.4. The van der Waals surface area contributed by atoms with Crippen LogP contribution in [0.1, 0.15) is 22.8 Å². The summed E-state index contributed by atoms with van der Waals surface area (Å²) in [6.45, 7) is 5.74. The number of anilines is 1. The smallest absolute Gasteiger partial charge is 0.417 e.